The summed E-state index contributed by atoms with van der Waals surface area (Å²) >= 11 is 0. The van der Waals surface area contributed by atoms with Gasteiger partial charge in [0.1, 0.15) is 11.5 Å². The summed E-state index contributed by atoms with van der Waals surface area (Å²) in [5, 5.41) is 0. The average Bonchev–Trinajstić information content (AvgIpc) is 2.89. The van der Waals surface area contributed by atoms with Gasteiger partial charge >= 0.3 is 0 Å². The molecule has 0 saturated carbocycles. The third-order valence-electron chi connectivity index (χ3n) is 7.54. The van der Waals surface area contributed by atoms with Crippen LogP contribution < -0.4 is 9.47 Å². The normalized spacial score (nSPS) is 14.8. The van der Waals surface area contributed by atoms with Crippen molar-refractivity contribution in [2.75, 3.05) is 26.4 Å². The Morgan fingerprint density at radius 3 is 1.23 bits per heavy atom. The van der Waals surface area contributed by atoms with Gasteiger partial charge in [-0.05, 0) is 61.1 Å². The van der Waals surface area contributed by atoms with Crippen molar-refractivity contribution in [1.82, 2.24) is 0 Å². The monoisotopic (exact) mass is 482 g/mol. The molecule has 0 saturated heterocycles. The molecule has 3 nitrogen and oxygen atoms in total. The molecule has 2 rings (SSSR count). The fourth-order valence-electron chi connectivity index (χ4n) is 4.27. The van der Waals surface area contributed by atoms with E-state index in [4.69, 9.17) is 14.2 Å². The van der Waals surface area contributed by atoms with Crippen molar-refractivity contribution in [3.05, 3.63) is 59.7 Å². The molecule has 2 aromatic rings. The predicted molar refractivity (Wildman–Crippen MR) is 149 cm³/mol. The summed E-state index contributed by atoms with van der Waals surface area (Å²) in [5.74, 6) is 1.92. The van der Waals surface area contributed by atoms with E-state index < -0.39 is 0 Å². The van der Waals surface area contributed by atoms with Crippen LogP contribution in [0.15, 0.2) is 48.5 Å². The molecule has 0 N–H and O–H groups in total. The van der Waals surface area contributed by atoms with Gasteiger partial charge in [0.15, 0.2) is 0 Å². The molecule has 0 fully saturated rings. The van der Waals surface area contributed by atoms with Gasteiger partial charge in [0.05, 0.1) is 26.4 Å². The number of hydrogen-bond donors (Lipinski definition) is 0. The highest BCUT2D eigenvalue weighted by molar-refractivity contribution is 5.33. The second-order valence-corrected chi connectivity index (χ2v) is 10.5. The lowest BCUT2D eigenvalue weighted by atomic mass is 9.79. The minimum absolute atomic E-state index is 0.0222. The molecule has 0 bridgehead atoms. The topological polar surface area (TPSA) is 27.7 Å². The maximum absolute atomic E-state index is 6.44. The smallest absolute Gasteiger partial charge is 0.119 e. The quantitative estimate of drug-likeness (QED) is 0.199. The van der Waals surface area contributed by atoms with Gasteiger partial charge in [-0.3, -0.25) is 0 Å². The number of hydrogen-bond acceptors (Lipinski definition) is 3. The minimum Gasteiger partial charge on any atom is -0.494 e. The van der Waals surface area contributed by atoms with E-state index in [9.17, 15) is 0 Å². The molecule has 0 aliphatic rings. The molecule has 35 heavy (non-hydrogen) atoms. The van der Waals surface area contributed by atoms with E-state index in [1.807, 2.05) is 0 Å². The molecule has 2 aromatic carbocycles. The first-order chi connectivity index (χ1) is 16.9. The van der Waals surface area contributed by atoms with Gasteiger partial charge in [0.2, 0.25) is 0 Å². The highest BCUT2D eigenvalue weighted by Crippen LogP contribution is 2.33. The van der Waals surface area contributed by atoms with Crippen molar-refractivity contribution >= 4 is 0 Å². The first-order valence-electron chi connectivity index (χ1n) is 13.9. The van der Waals surface area contributed by atoms with Crippen LogP contribution in [-0.2, 0) is 15.6 Å². The first-order valence-corrected chi connectivity index (χ1v) is 13.9. The van der Waals surface area contributed by atoms with E-state index in [1.54, 1.807) is 0 Å². The van der Waals surface area contributed by atoms with E-state index in [2.05, 4.69) is 90.1 Å². The molecular formula is C32H50O3. The van der Waals surface area contributed by atoms with Gasteiger partial charge in [0.25, 0.3) is 0 Å². The molecule has 0 heterocycles. The van der Waals surface area contributed by atoms with E-state index in [0.29, 0.717) is 13.2 Å². The maximum Gasteiger partial charge on any atom is 0.119 e. The lowest BCUT2D eigenvalue weighted by molar-refractivity contribution is 0.0510. The van der Waals surface area contributed by atoms with Gasteiger partial charge in [-0.25, -0.2) is 0 Å². The summed E-state index contributed by atoms with van der Waals surface area (Å²) in [7, 11) is 0. The van der Waals surface area contributed by atoms with Crippen molar-refractivity contribution in [3.63, 3.8) is 0 Å². The second kappa shape index (κ2) is 15.2. The molecule has 0 aromatic heterocycles. The zero-order valence-electron chi connectivity index (χ0n) is 23.3. The lowest BCUT2D eigenvalue weighted by Crippen LogP contribution is -2.33. The molecule has 2 atom stereocenters. The summed E-state index contributed by atoms with van der Waals surface area (Å²) in [4.78, 5) is 0. The summed E-state index contributed by atoms with van der Waals surface area (Å²) in [6.45, 7) is 16.5. The Morgan fingerprint density at radius 2 is 0.914 bits per heavy atom. The van der Waals surface area contributed by atoms with E-state index in [0.717, 1.165) is 50.4 Å². The third-order valence-corrected chi connectivity index (χ3v) is 7.54. The van der Waals surface area contributed by atoms with Crippen LogP contribution in [0.5, 0.6) is 11.5 Å². The Kier molecular flexibility index (Phi) is 12.7. The second-order valence-electron chi connectivity index (χ2n) is 10.5. The molecule has 0 aliphatic carbocycles. The summed E-state index contributed by atoms with van der Waals surface area (Å²) in [5.41, 5.74) is 2.57. The van der Waals surface area contributed by atoms with Crippen LogP contribution in [0.25, 0.3) is 0 Å². The van der Waals surface area contributed by atoms with Gasteiger partial charge in [-0.15, -0.1) is 0 Å². The van der Waals surface area contributed by atoms with Crippen LogP contribution >= 0.6 is 0 Å². The Bertz CT molecular complexity index is 744. The summed E-state index contributed by atoms with van der Waals surface area (Å²) in [6, 6.07) is 17.3. The third kappa shape index (κ3) is 9.18. The maximum atomic E-state index is 6.44. The van der Waals surface area contributed by atoms with Crippen molar-refractivity contribution in [2.45, 2.75) is 104 Å². The van der Waals surface area contributed by atoms with Crippen LogP contribution in [0.1, 0.15) is 104 Å². The van der Waals surface area contributed by atoms with E-state index in [1.165, 1.54) is 36.8 Å². The fraction of sp³-hybridized carbons (Fsp3) is 0.625. The molecule has 0 spiro atoms. The van der Waals surface area contributed by atoms with Crippen LogP contribution in [0.2, 0.25) is 0 Å². The van der Waals surface area contributed by atoms with Gasteiger partial charge in [-0.1, -0.05) is 91.5 Å². The van der Waals surface area contributed by atoms with E-state index >= 15 is 0 Å². The molecule has 3 heteroatoms. The van der Waals surface area contributed by atoms with E-state index in [-0.39, 0.29) is 10.8 Å². The largest absolute Gasteiger partial charge is 0.494 e. The Balaban J connectivity index is 1.93. The van der Waals surface area contributed by atoms with Crippen LogP contribution in [0.4, 0.5) is 0 Å². The SMILES string of the molecule is CCCCCOc1ccc(C(C)(CC)COCC(C)(CC)c2ccc(OCCCCC)cc2)cc1. The molecule has 2 unspecified atom stereocenters. The van der Waals surface area contributed by atoms with Crippen molar-refractivity contribution < 1.29 is 14.2 Å². The van der Waals surface area contributed by atoms with Crippen LogP contribution in [0, 0.1) is 0 Å². The van der Waals surface area contributed by atoms with Crippen molar-refractivity contribution in [1.29, 1.82) is 0 Å². The van der Waals surface area contributed by atoms with Crippen molar-refractivity contribution in [3.8, 4) is 11.5 Å². The zero-order chi connectivity index (χ0) is 25.6. The molecule has 0 radical (unpaired) electrons. The van der Waals surface area contributed by atoms with Crippen LogP contribution in [-0.4, -0.2) is 26.4 Å². The Hall–Kier alpha value is -2.00. The highest BCUT2D eigenvalue weighted by atomic mass is 16.5. The molecule has 0 aliphatic heterocycles. The van der Waals surface area contributed by atoms with Gasteiger partial charge in [0, 0.05) is 10.8 Å². The number of unbranched alkanes of at least 4 members (excludes halogenated alkanes) is 4. The van der Waals surface area contributed by atoms with Crippen LogP contribution in [0.3, 0.4) is 0 Å². The Labute approximate surface area is 215 Å². The standard InChI is InChI=1S/C32H50O3/c1-7-11-13-23-34-29-19-15-27(16-20-29)31(5,9-3)25-33-26-32(6,10-4)28-17-21-30(22-18-28)35-24-14-12-8-2/h15-22H,7-14,23-26H2,1-6H3. The molecule has 0 amide bonds. The highest BCUT2D eigenvalue weighted by Gasteiger charge is 2.29. The first kappa shape index (κ1) is 29.2. The summed E-state index contributed by atoms with van der Waals surface area (Å²) < 4.78 is 18.2. The Morgan fingerprint density at radius 1 is 0.543 bits per heavy atom. The molecule has 196 valence electrons. The lowest BCUT2D eigenvalue weighted by Gasteiger charge is -2.33. The zero-order valence-corrected chi connectivity index (χ0v) is 23.3. The number of ether oxygens (including phenoxy) is 3. The van der Waals surface area contributed by atoms with Crippen molar-refractivity contribution in [2.24, 2.45) is 0 Å². The van der Waals surface area contributed by atoms with Gasteiger partial charge < -0.3 is 14.2 Å². The number of benzene rings is 2. The average molecular weight is 483 g/mol. The molecular weight excluding hydrogens is 432 g/mol. The number of rotatable bonds is 18. The van der Waals surface area contributed by atoms with Gasteiger partial charge in [-0.2, -0.15) is 0 Å². The predicted octanol–water partition coefficient (Wildman–Crippen LogP) is 8.88. The minimum atomic E-state index is -0.0222. The summed E-state index contributed by atoms with van der Waals surface area (Å²) in [6.07, 6.45) is 9.15. The fourth-order valence-corrected chi connectivity index (χ4v) is 4.27.